The molecule has 0 aromatic heterocycles. The third kappa shape index (κ3) is 5.05. The fraction of sp³-hybridized carbons (Fsp3) is 0.529. The van der Waals surface area contributed by atoms with Gasteiger partial charge < -0.3 is 9.64 Å². The fourth-order valence-electron chi connectivity index (χ4n) is 2.56. The van der Waals surface area contributed by atoms with Gasteiger partial charge in [-0.1, -0.05) is 23.9 Å². The molecule has 1 fully saturated rings. The maximum absolute atomic E-state index is 12.1. The first-order valence-corrected chi connectivity index (χ1v) is 8.59. The van der Waals surface area contributed by atoms with Gasteiger partial charge in [0.05, 0.1) is 6.10 Å². The third-order valence-corrected chi connectivity index (χ3v) is 4.51. The molecule has 0 aliphatic carbocycles. The van der Waals surface area contributed by atoms with Gasteiger partial charge in [0, 0.05) is 32.2 Å². The van der Waals surface area contributed by atoms with Crippen LogP contribution in [0.3, 0.4) is 0 Å². The summed E-state index contributed by atoms with van der Waals surface area (Å²) in [6, 6.07) is 7.89. The summed E-state index contributed by atoms with van der Waals surface area (Å²) >= 11 is 1.31. The van der Waals surface area contributed by atoms with Gasteiger partial charge in [0.1, 0.15) is 5.75 Å². The van der Waals surface area contributed by atoms with E-state index in [4.69, 9.17) is 4.74 Å². The Morgan fingerprint density at radius 2 is 2.23 bits per heavy atom. The standard InChI is InChI=1S/C17H23NO3S/c1-12(2)21-16-6-4-5-14(7-16)9-18-10-15(8-17(18)20)11-22-13(3)19/h4-7,12,15H,8-11H2,1-3H3. The number of thioether (sulfide) groups is 1. The van der Waals surface area contributed by atoms with Crippen LogP contribution in [0.2, 0.25) is 0 Å². The molecule has 1 heterocycles. The summed E-state index contributed by atoms with van der Waals surface area (Å²) < 4.78 is 5.69. The van der Waals surface area contributed by atoms with E-state index in [1.54, 1.807) is 6.92 Å². The minimum absolute atomic E-state index is 0.115. The third-order valence-electron chi connectivity index (χ3n) is 3.46. The van der Waals surface area contributed by atoms with Gasteiger partial charge in [0.15, 0.2) is 5.12 Å². The van der Waals surface area contributed by atoms with Crippen molar-refractivity contribution in [2.75, 3.05) is 12.3 Å². The molecule has 1 amide bonds. The molecule has 2 rings (SSSR count). The van der Waals surface area contributed by atoms with Crippen molar-refractivity contribution in [1.29, 1.82) is 0 Å². The molecule has 1 atom stereocenters. The summed E-state index contributed by atoms with van der Waals surface area (Å²) in [6.45, 7) is 6.89. The van der Waals surface area contributed by atoms with E-state index in [2.05, 4.69) is 0 Å². The van der Waals surface area contributed by atoms with Crippen LogP contribution in [0, 0.1) is 5.92 Å². The molecule has 22 heavy (non-hydrogen) atoms. The highest BCUT2D eigenvalue weighted by molar-refractivity contribution is 8.13. The number of nitrogens with zero attached hydrogens (tertiary/aromatic N) is 1. The Hall–Kier alpha value is -1.49. The fourth-order valence-corrected chi connectivity index (χ4v) is 3.26. The van der Waals surface area contributed by atoms with Crippen molar-refractivity contribution in [1.82, 2.24) is 4.90 Å². The lowest BCUT2D eigenvalue weighted by atomic mass is 10.1. The summed E-state index contributed by atoms with van der Waals surface area (Å²) in [5.74, 6) is 2.01. The lowest BCUT2D eigenvalue weighted by Gasteiger charge is -2.17. The number of carbonyl (C=O) groups is 2. The first kappa shape index (κ1) is 16.9. The molecule has 5 heteroatoms. The van der Waals surface area contributed by atoms with Crippen LogP contribution < -0.4 is 4.74 Å². The zero-order chi connectivity index (χ0) is 16.1. The van der Waals surface area contributed by atoms with Crippen molar-refractivity contribution < 1.29 is 14.3 Å². The smallest absolute Gasteiger partial charge is 0.223 e. The number of likely N-dealkylation sites (tertiary alicyclic amines) is 1. The number of benzene rings is 1. The maximum Gasteiger partial charge on any atom is 0.223 e. The molecule has 0 bridgehead atoms. The normalized spacial score (nSPS) is 18.1. The van der Waals surface area contributed by atoms with Gasteiger partial charge in [-0.15, -0.1) is 0 Å². The van der Waals surface area contributed by atoms with E-state index in [9.17, 15) is 9.59 Å². The Balaban J connectivity index is 1.93. The second-order valence-electron chi connectivity index (χ2n) is 5.96. The molecule has 0 N–H and O–H groups in total. The summed E-state index contributed by atoms with van der Waals surface area (Å²) in [4.78, 5) is 25.0. The molecule has 0 spiro atoms. The monoisotopic (exact) mass is 321 g/mol. The summed E-state index contributed by atoms with van der Waals surface area (Å²) in [7, 11) is 0. The van der Waals surface area contributed by atoms with Crippen LogP contribution in [-0.4, -0.2) is 34.3 Å². The zero-order valence-electron chi connectivity index (χ0n) is 13.4. The van der Waals surface area contributed by atoms with Gasteiger partial charge in [-0.2, -0.15) is 0 Å². The Bertz CT molecular complexity index is 544. The van der Waals surface area contributed by atoms with E-state index < -0.39 is 0 Å². The van der Waals surface area contributed by atoms with Crippen molar-refractivity contribution in [2.24, 2.45) is 5.92 Å². The highest BCUT2D eigenvalue weighted by Crippen LogP contribution is 2.25. The average molecular weight is 321 g/mol. The minimum Gasteiger partial charge on any atom is -0.491 e. The molecule has 4 nitrogen and oxygen atoms in total. The van der Waals surface area contributed by atoms with Crippen molar-refractivity contribution in [3.63, 3.8) is 0 Å². The van der Waals surface area contributed by atoms with Crippen LogP contribution in [0.1, 0.15) is 32.8 Å². The van der Waals surface area contributed by atoms with Gasteiger partial charge in [-0.25, -0.2) is 0 Å². The molecular formula is C17H23NO3S. The van der Waals surface area contributed by atoms with E-state index in [-0.39, 0.29) is 23.0 Å². The number of amides is 1. The molecule has 1 aromatic rings. The first-order valence-electron chi connectivity index (χ1n) is 7.60. The molecule has 1 aliphatic heterocycles. The van der Waals surface area contributed by atoms with Crippen LogP contribution >= 0.6 is 11.8 Å². The predicted octanol–water partition coefficient (Wildman–Crippen LogP) is 3.10. The van der Waals surface area contributed by atoms with Crippen molar-refractivity contribution >= 4 is 22.8 Å². The lowest BCUT2D eigenvalue weighted by molar-refractivity contribution is -0.128. The molecule has 120 valence electrons. The second kappa shape index (κ2) is 7.68. The van der Waals surface area contributed by atoms with Crippen LogP contribution in [0.25, 0.3) is 0 Å². The number of rotatable bonds is 6. The molecule has 0 radical (unpaired) electrons. The van der Waals surface area contributed by atoms with Crippen LogP contribution in [0.4, 0.5) is 0 Å². The SMILES string of the molecule is CC(=O)SCC1CC(=O)N(Cc2cccc(OC(C)C)c2)C1. The Morgan fingerprint density at radius 3 is 2.91 bits per heavy atom. The van der Waals surface area contributed by atoms with Crippen molar-refractivity contribution in [2.45, 2.75) is 39.8 Å². The zero-order valence-corrected chi connectivity index (χ0v) is 14.2. The molecule has 1 aliphatic rings. The van der Waals surface area contributed by atoms with Crippen molar-refractivity contribution in [3.8, 4) is 5.75 Å². The summed E-state index contributed by atoms with van der Waals surface area (Å²) in [5, 5.41) is 0.115. The maximum atomic E-state index is 12.1. The van der Waals surface area contributed by atoms with E-state index in [1.165, 1.54) is 11.8 Å². The number of ether oxygens (including phenoxy) is 1. The van der Waals surface area contributed by atoms with Gasteiger partial charge in [-0.3, -0.25) is 9.59 Å². The van der Waals surface area contributed by atoms with E-state index in [0.29, 0.717) is 13.0 Å². The minimum atomic E-state index is 0.115. The highest BCUT2D eigenvalue weighted by Gasteiger charge is 2.29. The Labute approximate surface area is 136 Å². The number of hydrogen-bond acceptors (Lipinski definition) is 4. The van der Waals surface area contributed by atoms with Crippen LogP contribution in [0.15, 0.2) is 24.3 Å². The van der Waals surface area contributed by atoms with Gasteiger partial charge in [0.2, 0.25) is 5.91 Å². The summed E-state index contributed by atoms with van der Waals surface area (Å²) in [5.41, 5.74) is 1.08. The predicted molar refractivity (Wildman–Crippen MR) is 88.9 cm³/mol. The second-order valence-corrected chi connectivity index (χ2v) is 7.16. The Morgan fingerprint density at radius 1 is 1.45 bits per heavy atom. The van der Waals surface area contributed by atoms with Crippen LogP contribution in [0.5, 0.6) is 5.75 Å². The number of hydrogen-bond donors (Lipinski definition) is 0. The van der Waals surface area contributed by atoms with Crippen LogP contribution in [-0.2, 0) is 16.1 Å². The van der Waals surface area contributed by atoms with E-state index in [0.717, 1.165) is 23.6 Å². The first-order chi connectivity index (χ1) is 10.4. The molecule has 1 unspecified atom stereocenters. The highest BCUT2D eigenvalue weighted by atomic mass is 32.2. The van der Waals surface area contributed by atoms with Gasteiger partial charge >= 0.3 is 0 Å². The quantitative estimate of drug-likeness (QED) is 0.808. The van der Waals surface area contributed by atoms with Gasteiger partial charge in [0.25, 0.3) is 0 Å². The molecule has 1 aromatic carbocycles. The lowest BCUT2D eigenvalue weighted by Crippen LogP contribution is -2.24. The van der Waals surface area contributed by atoms with E-state index >= 15 is 0 Å². The average Bonchev–Trinajstić information content (AvgIpc) is 2.77. The topological polar surface area (TPSA) is 46.6 Å². The Kier molecular flexibility index (Phi) is 5.89. The summed E-state index contributed by atoms with van der Waals surface area (Å²) in [6.07, 6.45) is 0.680. The molecular weight excluding hydrogens is 298 g/mol. The molecule has 1 saturated heterocycles. The molecule has 0 saturated carbocycles. The largest absolute Gasteiger partial charge is 0.491 e. The van der Waals surface area contributed by atoms with Crippen molar-refractivity contribution in [3.05, 3.63) is 29.8 Å². The van der Waals surface area contributed by atoms with E-state index in [1.807, 2.05) is 43.0 Å². The number of carbonyl (C=O) groups excluding carboxylic acids is 2. The van der Waals surface area contributed by atoms with Gasteiger partial charge in [-0.05, 0) is 37.5 Å².